The topological polar surface area (TPSA) is 21.3 Å². The van der Waals surface area contributed by atoms with Gasteiger partial charge in [-0.05, 0) is 19.2 Å². The molecule has 2 nitrogen and oxygen atoms in total. The van der Waals surface area contributed by atoms with E-state index in [4.69, 9.17) is 16.3 Å². The predicted molar refractivity (Wildman–Crippen MR) is 50.7 cm³/mol. The molecule has 1 rings (SSSR count). The van der Waals surface area contributed by atoms with Gasteiger partial charge in [0.15, 0.2) is 0 Å². The van der Waals surface area contributed by atoms with Gasteiger partial charge in [-0.15, -0.1) is 0 Å². The van der Waals surface area contributed by atoms with Crippen molar-refractivity contribution in [2.75, 3.05) is 14.2 Å². The summed E-state index contributed by atoms with van der Waals surface area (Å²) in [5, 5.41) is 3.27. The van der Waals surface area contributed by atoms with Crippen LogP contribution in [-0.2, 0) is 6.54 Å². The van der Waals surface area contributed by atoms with E-state index in [9.17, 15) is 4.39 Å². The van der Waals surface area contributed by atoms with E-state index in [0.717, 1.165) is 0 Å². The highest BCUT2D eigenvalue weighted by molar-refractivity contribution is 6.32. The highest BCUT2D eigenvalue weighted by Gasteiger charge is 2.11. The molecule has 0 unspecified atom stereocenters. The second kappa shape index (κ2) is 4.44. The summed E-state index contributed by atoms with van der Waals surface area (Å²) in [5.41, 5.74) is 0.456. The van der Waals surface area contributed by atoms with E-state index < -0.39 is 0 Å². The van der Waals surface area contributed by atoms with Crippen molar-refractivity contribution in [2.24, 2.45) is 0 Å². The number of benzene rings is 1. The zero-order chi connectivity index (χ0) is 9.84. The Labute approximate surface area is 81.7 Å². The highest BCUT2D eigenvalue weighted by Crippen LogP contribution is 2.30. The summed E-state index contributed by atoms with van der Waals surface area (Å²) in [4.78, 5) is 0. The molecule has 0 radical (unpaired) electrons. The molecule has 0 aromatic heterocycles. The first-order chi connectivity index (χ1) is 6.20. The van der Waals surface area contributed by atoms with Crippen molar-refractivity contribution >= 4 is 11.6 Å². The van der Waals surface area contributed by atoms with Gasteiger partial charge in [0.05, 0.1) is 12.1 Å². The summed E-state index contributed by atoms with van der Waals surface area (Å²) >= 11 is 5.82. The Kier molecular flexibility index (Phi) is 3.51. The van der Waals surface area contributed by atoms with Crippen LogP contribution in [0.2, 0.25) is 5.02 Å². The first-order valence-electron chi connectivity index (χ1n) is 3.86. The van der Waals surface area contributed by atoms with Gasteiger partial charge in [0, 0.05) is 12.1 Å². The SMILES string of the molecule is CNCc1c(F)ccc(Cl)c1OC. The van der Waals surface area contributed by atoms with Gasteiger partial charge < -0.3 is 10.1 Å². The van der Waals surface area contributed by atoms with Crippen molar-refractivity contribution in [1.82, 2.24) is 5.32 Å². The molecule has 1 aromatic rings. The molecular weight excluding hydrogens is 193 g/mol. The fourth-order valence-corrected chi connectivity index (χ4v) is 1.39. The number of rotatable bonds is 3. The number of nitrogens with one attached hydrogen (secondary N) is 1. The Morgan fingerprint density at radius 1 is 1.54 bits per heavy atom. The molecule has 0 heterocycles. The molecular formula is C9H11ClFNO. The first-order valence-corrected chi connectivity index (χ1v) is 4.24. The second-order valence-corrected chi connectivity index (χ2v) is 2.98. The molecule has 13 heavy (non-hydrogen) atoms. The van der Waals surface area contributed by atoms with Crippen LogP contribution in [0.4, 0.5) is 4.39 Å². The minimum absolute atomic E-state index is 0.310. The van der Waals surface area contributed by atoms with Gasteiger partial charge in [-0.3, -0.25) is 0 Å². The normalized spacial score (nSPS) is 10.2. The van der Waals surface area contributed by atoms with E-state index in [1.807, 2.05) is 0 Å². The van der Waals surface area contributed by atoms with Crippen molar-refractivity contribution in [1.29, 1.82) is 0 Å². The molecule has 0 aliphatic rings. The van der Waals surface area contributed by atoms with Crippen molar-refractivity contribution in [3.63, 3.8) is 0 Å². The smallest absolute Gasteiger partial charge is 0.144 e. The van der Waals surface area contributed by atoms with Crippen LogP contribution >= 0.6 is 11.6 Å². The van der Waals surface area contributed by atoms with Gasteiger partial charge in [0.25, 0.3) is 0 Å². The maximum atomic E-state index is 13.2. The molecule has 0 bridgehead atoms. The first kappa shape index (κ1) is 10.3. The van der Waals surface area contributed by atoms with Crippen LogP contribution in [0, 0.1) is 5.82 Å². The Bertz CT molecular complexity index is 304. The van der Waals surface area contributed by atoms with Crippen molar-refractivity contribution in [3.8, 4) is 5.75 Å². The standard InChI is InChI=1S/C9H11ClFNO/c1-12-5-6-8(11)4-3-7(10)9(6)13-2/h3-4,12H,5H2,1-2H3. The van der Waals surface area contributed by atoms with Crippen LogP contribution in [0.25, 0.3) is 0 Å². The van der Waals surface area contributed by atoms with Crippen LogP contribution < -0.4 is 10.1 Å². The predicted octanol–water partition coefficient (Wildman–Crippen LogP) is 2.21. The van der Waals surface area contributed by atoms with E-state index in [0.29, 0.717) is 22.9 Å². The third kappa shape index (κ3) is 2.11. The van der Waals surface area contributed by atoms with Gasteiger partial charge in [-0.1, -0.05) is 11.6 Å². The Hall–Kier alpha value is -0.800. The average Bonchev–Trinajstić information content (AvgIpc) is 2.12. The molecule has 4 heteroatoms. The Morgan fingerprint density at radius 2 is 2.23 bits per heavy atom. The lowest BCUT2D eigenvalue weighted by molar-refractivity contribution is 0.403. The average molecular weight is 204 g/mol. The van der Waals surface area contributed by atoms with Crippen molar-refractivity contribution in [2.45, 2.75) is 6.54 Å². The number of hydrogen-bond acceptors (Lipinski definition) is 2. The third-order valence-corrected chi connectivity index (χ3v) is 2.01. The number of hydrogen-bond donors (Lipinski definition) is 1. The fraction of sp³-hybridized carbons (Fsp3) is 0.333. The fourth-order valence-electron chi connectivity index (χ4n) is 1.14. The van der Waals surface area contributed by atoms with Crippen LogP contribution in [-0.4, -0.2) is 14.2 Å². The van der Waals surface area contributed by atoms with Crippen molar-refractivity contribution < 1.29 is 9.13 Å². The van der Waals surface area contributed by atoms with E-state index in [1.54, 1.807) is 7.05 Å². The minimum Gasteiger partial charge on any atom is -0.495 e. The van der Waals surface area contributed by atoms with Gasteiger partial charge in [0.1, 0.15) is 11.6 Å². The Morgan fingerprint density at radius 3 is 2.77 bits per heavy atom. The molecule has 0 fully saturated rings. The second-order valence-electron chi connectivity index (χ2n) is 2.57. The molecule has 0 atom stereocenters. The summed E-state index contributed by atoms with van der Waals surface area (Å²) in [7, 11) is 3.21. The van der Waals surface area contributed by atoms with E-state index in [1.165, 1.54) is 19.2 Å². The van der Waals surface area contributed by atoms with Gasteiger partial charge in [-0.25, -0.2) is 4.39 Å². The lowest BCUT2D eigenvalue weighted by atomic mass is 10.2. The van der Waals surface area contributed by atoms with E-state index in [2.05, 4.69) is 5.32 Å². The molecule has 1 N–H and O–H groups in total. The van der Waals surface area contributed by atoms with Gasteiger partial charge in [0.2, 0.25) is 0 Å². The number of ether oxygens (including phenoxy) is 1. The summed E-state index contributed by atoms with van der Waals surface area (Å²) in [6, 6.07) is 2.81. The molecule has 0 aliphatic heterocycles. The quantitative estimate of drug-likeness (QED) is 0.814. The highest BCUT2D eigenvalue weighted by atomic mass is 35.5. The molecule has 0 aliphatic carbocycles. The summed E-state index contributed by atoms with van der Waals surface area (Å²) in [6.07, 6.45) is 0. The maximum Gasteiger partial charge on any atom is 0.144 e. The summed E-state index contributed by atoms with van der Waals surface area (Å²) in [5.74, 6) is 0.0895. The van der Waals surface area contributed by atoms with Crippen LogP contribution in [0.5, 0.6) is 5.75 Å². The zero-order valence-corrected chi connectivity index (χ0v) is 8.28. The largest absolute Gasteiger partial charge is 0.495 e. The van der Waals surface area contributed by atoms with Crippen LogP contribution in [0.1, 0.15) is 5.56 Å². The van der Waals surface area contributed by atoms with Crippen LogP contribution in [0.3, 0.4) is 0 Å². The zero-order valence-electron chi connectivity index (χ0n) is 7.53. The number of halogens is 2. The monoisotopic (exact) mass is 203 g/mol. The van der Waals surface area contributed by atoms with Gasteiger partial charge in [-0.2, -0.15) is 0 Å². The van der Waals surface area contributed by atoms with Crippen LogP contribution in [0.15, 0.2) is 12.1 Å². The molecule has 0 spiro atoms. The summed E-state index contributed by atoms with van der Waals surface area (Å²) in [6.45, 7) is 0.398. The number of methoxy groups -OCH3 is 1. The molecule has 0 amide bonds. The molecule has 0 saturated heterocycles. The Balaban J connectivity index is 3.18. The summed E-state index contributed by atoms with van der Waals surface area (Å²) < 4.78 is 18.2. The molecule has 0 saturated carbocycles. The molecule has 1 aromatic carbocycles. The lowest BCUT2D eigenvalue weighted by Gasteiger charge is -2.10. The van der Waals surface area contributed by atoms with E-state index in [-0.39, 0.29) is 5.82 Å². The van der Waals surface area contributed by atoms with Crippen molar-refractivity contribution in [3.05, 3.63) is 28.5 Å². The van der Waals surface area contributed by atoms with Gasteiger partial charge >= 0.3 is 0 Å². The lowest BCUT2D eigenvalue weighted by Crippen LogP contribution is -2.08. The van der Waals surface area contributed by atoms with E-state index >= 15 is 0 Å². The maximum absolute atomic E-state index is 13.2. The molecule has 72 valence electrons. The minimum atomic E-state index is -0.310. The third-order valence-electron chi connectivity index (χ3n) is 1.71.